The second-order valence-corrected chi connectivity index (χ2v) is 12.7. The molecule has 1 aromatic heterocycles. The number of aliphatic hydroxyl groups excluding tert-OH is 1. The molecular weight excluding hydrogens is 586 g/mol. The number of carbonyl (C=O) groups excluding carboxylic acids is 3. The van der Waals surface area contributed by atoms with Crippen LogP contribution in [0, 0.1) is 12.3 Å². The minimum Gasteiger partial charge on any atom is -0.391 e. The van der Waals surface area contributed by atoms with E-state index in [0.29, 0.717) is 19.6 Å². The van der Waals surface area contributed by atoms with Crippen molar-refractivity contribution in [3.05, 3.63) is 51.5 Å². The van der Waals surface area contributed by atoms with Crippen molar-refractivity contribution >= 4 is 29.1 Å². The summed E-state index contributed by atoms with van der Waals surface area (Å²) in [4.78, 5) is 49.3. The molecule has 14 heteroatoms. The molecule has 0 aliphatic carbocycles. The highest BCUT2D eigenvalue weighted by Gasteiger charge is 2.44. The number of ether oxygens (including phenoxy) is 2. The highest BCUT2D eigenvalue weighted by Crippen LogP contribution is 2.29. The van der Waals surface area contributed by atoms with E-state index in [0.717, 1.165) is 21.7 Å². The van der Waals surface area contributed by atoms with Crippen LogP contribution in [0.5, 0.6) is 0 Å². The van der Waals surface area contributed by atoms with Crippen molar-refractivity contribution in [3.63, 3.8) is 0 Å². The maximum atomic E-state index is 13.8. The molecule has 3 amide bonds. The molecule has 0 radical (unpaired) electrons. The van der Waals surface area contributed by atoms with Gasteiger partial charge in [0.1, 0.15) is 18.7 Å². The summed E-state index contributed by atoms with van der Waals surface area (Å²) >= 11 is 1.57. The number of benzene rings is 1. The van der Waals surface area contributed by atoms with Crippen molar-refractivity contribution in [2.45, 2.75) is 71.7 Å². The zero-order chi connectivity index (χ0) is 32.3. The molecule has 1 aromatic carbocycles. The van der Waals surface area contributed by atoms with Gasteiger partial charge in [-0.1, -0.05) is 50.2 Å². The van der Waals surface area contributed by atoms with E-state index in [4.69, 9.17) is 15.0 Å². The van der Waals surface area contributed by atoms with Crippen molar-refractivity contribution in [3.8, 4) is 10.4 Å². The van der Waals surface area contributed by atoms with Crippen LogP contribution in [0.2, 0.25) is 0 Å². The molecule has 1 saturated heterocycles. The number of likely N-dealkylation sites (tertiary alicyclic amines) is 1. The van der Waals surface area contributed by atoms with E-state index in [9.17, 15) is 19.5 Å². The van der Waals surface area contributed by atoms with E-state index in [-0.39, 0.29) is 44.7 Å². The third-order valence-corrected chi connectivity index (χ3v) is 8.25. The average Bonchev–Trinajstić information content (AvgIpc) is 3.59. The van der Waals surface area contributed by atoms with Gasteiger partial charge in [0.05, 0.1) is 34.8 Å². The normalized spacial score (nSPS) is 17.9. The Labute approximate surface area is 262 Å². The highest BCUT2D eigenvalue weighted by atomic mass is 32.1. The topological polar surface area (TPSA) is 179 Å². The van der Waals surface area contributed by atoms with Gasteiger partial charge in [0.2, 0.25) is 17.7 Å². The van der Waals surface area contributed by atoms with Crippen LogP contribution in [0.3, 0.4) is 0 Å². The molecule has 3 N–H and O–H groups in total. The van der Waals surface area contributed by atoms with Crippen molar-refractivity contribution in [2.24, 2.45) is 10.5 Å². The summed E-state index contributed by atoms with van der Waals surface area (Å²) in [5, 5.41) is 19.6. The lowest BCUT2D eigenvalue weighted by atomic mass is 9.85. The first-order chi connectivity index (χ1) is 20.9. The minimum absolute atomic E-state index is 0.00712. The Hall–Kier alpha value is -3.55. The second kappa shape index (κ2) is 16.5. The SMILES string of the molecule is Cc1ncsc1-c1ccc(C(C)NC(=O)C2CC(O)CN2C(=O)C(NC(=O)COCCCOCCN=[N+]=[N-])C(C)(C)C)cc1. The van der Waals surface area contributed by atoms with Gasteiger partial charge in [0, 0.05) is 37.6 Å². The maximum Gasteiger partial charge on any atom is 0.246 e. The van der Waals surface area contributed by atoms with E-state index in [1.54, 1.807) is 11.3 Å². The lowest BCUT2D eigenvalue weighted by Gasteiger charge is -2.35. The Kier molecular flexibility index (Phi) is 13.1. The molecular formula is C30H43N7O6S. The largest absolute Gasteiger partial charge is 0.391 e. The van der Waals surface area contributed by atoms with Gasteiger partial charge in [-0.05, 0) is 42.3 Å². The highest BCUT2D eigenvalue weighted by molar-refractivity contribution is 7.13. The number of thiazole rings is 1. The van der Waals surface area contributed by atoms with Gasteiger partial charge < -0.3 is 30.1 Å². The van der Waals surface area contributed by atoms with Crippen LogP contribution in [-0.2, 0) is 23.9 Å². The first kappa shape index (κ1) is 34.9. The van der Waals surface area contributed by atoms with Crippen LogP contribution in [0.25, 0.3) is 20.9 Å². The Morgan fingerprint density at radius 3 is 2.52 bits per heavy atom. The standard InChI is InChI=1S/C30H43N7O6S/c1-19(21-7-9-22(10-8-21)26-20(2)32-18-44-26)34-28(40)24-15-23(38)16-37(24)29(41)27(30(3,4)5)35-25(39)17-43-13-6-12-42-14-11-33-36-31/h7-10,18-19,23-24,27,38H,6,11-17H2,1-5H3,(H,34,40)(H,35,39). The van der Waals surface area contributed by atoms with Crippen molar-refractivity contribution in [2.75, 3.05) is 39.5 Å². The molecule has 13 nitrogen and oxygen atoms in total. The summed E-state index contributed by atoms with van der Waals surface area (Å²) in [7, 11) is 0. The molecule has 240 valence electrons. The van der Waals surface area contributed by atoms with Crippen molar-refractivity contribution in [1.29, 1.82) is 0 Å². The molecule has 0 bridgehead atoms. The fourth-order valence-corrected chi connectivity index (χ4v) is 5.71. The number of azide groups is 1. The summed E-state index contributed by atoms with van der Waals surface area (Å²) < 4.78 is 10.7. The number of aromatic nitrogens is 1. The Balaban J connectivity index is 1.56. The summed E-state index contributed by atoms with van der Waals surface area (Å²) in [5.74, 6) is -1.27. The molecule has 44 heavy (non-hydrogen) atoms. The number of nitrogens with zero attached hydrogens (tertiary/aromatic N) is 5. The molecule has 1 aliphatic heterocycles. The van der Waals surface area contributed by atoms with E-state index < -0.39 is 35.4 Å². The molecule has 0 saturated carbocycles. The summed E-state index contributed by atoms with van der Waals surface area (Å²) in [6.45, 7) is 10.3. The quantitative estimate of drug-likeness (QED) is 0.117. The second-order valence-electron chi connectivity index (χ2n) is 11.9. The zero-order valence-corrected chi connectivity index (χ0v) is 26.8. The number of hydrogen-bond donors (Lipinski definition) is 3. The summed E-state index contributed by atoms with van der Waals surface area (Å²) in [5.41, 5.74) is 12.3. The molecule has 4 unspecified atom stereocenters. The number of rotatable bonds is 15. The Morgan fingerprint density at radius 1 is 1.18 bits per heavy atom. The predicted octanol–water partition coefficient (Wildman–Crippen LogP) is 3.52. The smallest absolute Gasteiger partial charge is 0.246 e. The first-order valence-corrected chi connectivity index (χ1v) is 15.5. The molecule has 1 aliphatic rings. The van der Waals surface area contributed by atoms with Crippen LogP contribution >= 0.6 is 11.3 Å². The van der Waals surface area contributed by atoms with Gasteiger partial charge >= 0.3 is 0 Å². The summed E-state index contributed by atoms with van der Waals surface area (Å²) in [6.07, 6.45) is -0.213. The van der Waals surface area contributed by atoms with Crippen molar-refractivity contribution in [1.82, 2.24) is 20.5 Å². The zero-order valence-electron chi connectivity index (χ0n) is 26.0. The Morgan fingerprint density at radius 2 is 1.89 bits per heavy atom. The van der Waals surface area contributed by atoms with Gasteiger partial charge in [-0.15, -0.1) is 11.3 Å². The fourth-order valence-electron chi connectivity index (χ4n) is 4.90. The van der Waals surface area contributed by atoms with Gasteiger partial charge in [-0.3, -0.25) is 14.4 Å². The fraction of sp³-hybridized carbons (Fsp3) is 0.600. The summed E-state index contributed by atoms with van der Waals surface area (Å²) in [6, 6.07) is 5.75. The van der Waals surface area contributed by atoms with E-state index in [1.807, 2.05) is 64.4 Å². The average molecular weight is 630 g/mol. The van der Waals surface area contributed by atoms with Gasteiger partial charge in [-0.2, -0.15) is 0 Å². The van der Waals surface area contributed by atoms with E-state index >= 15 is 0 Å². The minimum atomic E-state index is -0.941. The monoisotopic (exact) mass is 629 g/mol. The van der Waals surface area contributed by atoms with Crippen LogP contribution in [0.4, 0.5) is 0 Å². The third-order valence-electron chi connectivity index (χ3n) is 7.27. The molecule has 2 aromatic rings. The number of aliphatic hydroxyl groups is 1. The van der Waals surface area contributed by atoms with Gasteiger partial charge in [0.15, 0.2) is 0 Å². The number of hydrogen-bond acceptors (Lipinski definition) is 9. The number of aryl methyl sites for hydroxylation is 1. The number of nitrogens with one attached hydrogen (secondary N) is 2. The van der Waals surface area contributed by atoms with Crippen molar-refractivity contribution < 1.29 is 29.0 Å². The van der Waals surface area contributed by atoms with Gasteiger partial charge in [0.25, 0.3) is 0 Å². The van der Waals surface area contributed by atoms with Crippen LogP contribution in [0.15, 0.2) is 34.9 Å². The van der Waals surface area contributed by atoms with Crippen LogP contribution < -0.4 is 10.6 Å². The molecule has 2 heterocycles. The Bertz CT molecular complexity index is 1310. The maximum absolute atomic E-state index is 13.8. The number of carbonyl (C=O) groups is 3. The van der Waals surface area contributed by atoms with Crippen LogP contribution in [0.1, 0.15) is 57.8 Å². The predicted molar refractivity (Wildman–Crippen MR) is 167 cm³/mol. The number of β-amino-alcohol motifs (C(OH)–C–C–N with tert-alkyl or cyclic N) is 1. The van der Waals surface area contributed by atoms with E-state index in [1.165, 1.54) is 4.90 Å². The lowest BCUT2D eigenvalue weighted by molar-refractivity contribution is -0.144. The molecule has 1 fully saturated rings. The van der Waals surface area contributed by atoms with Gasteiger partial charge in [-0.25, -0.2) is 4.98 Å². The number of amides is 3. The molecule has 4 atom stereocenters. The third kappa shape index (κ3) is 10.00. The lowest BCUT2D eigenvalue weighted by Crippen LogP contribution is -2.58. The first-order valence-electron chi connectivity index (χ1n) is 14.7. The molecule has 0 spiro atoms. The van der Waals surface area contributed by atoms with E-state index in [2.05, 4.69) is 25.6 Å². The molecule has 3 rings (SSSR count). The van der Waals surface area contributed by atoms with Crippen LogP contribution in [-0.4, -0.2) is 90.4 Å².